The highest BCUT2D eigenvalue weighted by atomic mass is 19.3. The molecule has 0 atom stereocenters. The molecule has 0 unspecified atom stereocenters. The van der Waals surface area contributed by atoms with E-state index in [1.807, 2.05) is 12.4 Å². The van der Waals surface area contributed by atoms with Crippen molar-refractivity contribution >= 4 is 53.3 Å². The van der Waals surface area contributed by atoms with Crippen molar-refractivity contribution in [1.29, 1.82) is 0 Å². The lowest BCUT2D eigenvalue weighted by Gasteiger charge is -2.25. The summed E-state index contributed by atoms with van der Waals surface area (Å²) >= 11 is 0. The number of rotatable bonds is 5. The molecule has 105 heavy (non-hydrogen) atoms. The highest BCUT2D eigenvalue weighted by Crippen LogP contribution is 2.49. The molecule has 0 radical (unpaired) electrons. The van der Waals surface area contributed by atoms with Gasteiger partial charge in [-0.05, 0) is 140 Å². The number of nitrogens with zero attached hydrogens (tertiary/aromatic N) is 5. The van der Waals surface area contributed by atoms with E-state index in [1.54, 1.807) is 24.3 Å². The molecule has 0 bridgehead atoms. The molecule has 0 saturated heterocycles. The summed E-state index contributed by atoms with van der Waals surface area (Å²) in [5.74, 6) is 4.51. The standard InChI is InChI=1S/C24H32NO.C22H27FNO.C22H27N2O3.C22H34NO.CH2F2/c1-16-9-10-17(2)18(11-16)14-25-15-26-22-20(24(6,7)8)12-19(13-21(22)25)23(3,4)5;1-21(2,3)16-11-18(22(4,5)6)20-19(12-16)24(14-25-20)13-15-7-9-17(23)10-8-15;1-21(2,3)16-11-18(22(4,5)6)20-19(12-16)23(14-27-20)13-15-7-9-17(10-8-15)24(25)26;1-21(2,3)17-12-18(22(4,5)6)20-19(13-17)23(15-24-20)14-16-10-8-7-9-11-16;2-1-3/h9-14H,15H2,1-8H3;7-13H,14H2,1-6H3;7-13H,14H2,1-6H3;12-14,16H,7-11,15H2,1-6H3;1H2/q4*+1;/b25-14-;24-13-;23-13-;23-14-;. The number of benzene rings is 7. The van der Waals surface area contributed by atoms with Gasteiger partial charge in [-0.1, -0.05) is 227 Å². The zero-order valence-electron chi connectivity index (χ0n) is 68.2. The number of non-ortho nitro benzene ring substituents is 1. The highest BCUT2D eigenvalue weighted by molar-refractivity contribution is 5.81. The van der Waals surface area contributed by atoms with Crippen molar-refractivity contribution in [2.45, 2.75) is 255 Å². The van der Waals surface area contributed by atoms with Crippen molar-refractivity contribution in [2.24, 2.45) is 5.92 Å². The summed E-state index contributed by atoms with van der Waals surface area (Å²) < 4.78 is 65.7. The highest BCUT2D eigenvalue weighted by Gasteiger charge is 2.40. The van der Waals surface area contributed by atoms with Gasteiger partial charge >= 0.3 is 0 Å². The Morgan fingerprint density at radius 3 is 1.03 bits per heavy atom. The molecule has 0 aromatic heterocycles. The first-order valence-electron chi connectivity index (χ1n) is 37.5. The number of fused-ring (bicyclic) bond motifs is 4. The second-order valence-electron chi connectivity index (χ2n) is 37.3. The third-order valence-corrected chi connectivity index (χ3v) is 20.0. The molecule has 7 aromatic carbocycles. The topological polar surface area (TPSA) is 92.1 Å². The maximum atomic E-state index is 13.2. The largest absolute Gasteiger partial charge is 0.429 e. The summed E-state index contributed by atoms with van der Waals surface area (Å²) in [4.78, 5) is 10.5. The summed E-state index contributed by atoms with van der Waals surface area (Å²) in [5.41, 5.74) is 21.1. The first-order valence-corrected chi connectivity index (χ1v) is 37.5. The van der Waals surface area contributed by atoms with Crippen LogP contribution in [0.1, 0.15) is 271 Å². The summed E-state index contributed by atoms with van der Waals surface area (Å²) in [6.45, 7) is 58.6. The minimum Gasteiger partial charge on any atom is -0.429 e. The smallest absolute Gasteiger partial charge is 0.293 e. The van der Waals surface area contributed by atoms with E-state index < -0.39 is 6.93 Å². The molecular weight excluding hydrogens is 1320 g/mol. The Labute approximate surface area is 627 Å². The molecule has 7 aromatic rings. The van der Waals surface area contributed by atoms with Gasteiger partial charge in [0.25, 0.3) is 55.4 Å². The molecule has 1 aliphatic carbocycles. The van der Waals surface area contributed by atoms with Gasteiger partial charge in [-0.25, -0.2) is 13.2 Å². The van der Waals surface area contributed by atoms with Gasteiger partial charge in [0.05, 0.1) is 4.92 Å². The minimum absolute atomic E-state index is 0.00275. The van der Waals surface area contributed by atoms with E-state index in [1.165, 1.54) is 129 Å². The summed E-state index contributed by atoms with van der Waals surface area (Å²) in [6.07, 6.45) is 15.5. The van der Waals surface area contributed by atoms with Crippen LogP contribution in [-0.4, -0.2) is 81.9 Å². The van der Waals surface area contributed by atoms with Gasteiger partial charge in [-0.15, -0.1) is 0 Å². The van der Waals surface area contributed by atoms with Gasteiger partial charge < -0.3 is 18.9 Å². The third kappa shape index (κ3) is 20.8. The van der Waals surface area contributed by atoms with E-state index in [0.29, 0.717) is 32.8 Å². The fourth-order valence-electron chi connectivity index (χ4n) is 13.3. The van der Waals surface area contributed by atoms with Crippen molar-refractivity contribution in [2.75, 3.05) is 33.9 Å². The monoisotopic (exact) mass is 1440 g/mol. The summed E-state index contributed by atoms with van der Waals surface area (Å²) in [7, 11) is 0. The molecule has 564 valence electrons. The maximum absolute atomic E-state index is 13.2. The second-order valence-corrected chi connectivity index (χ2v) is 37.3. The first kappa shape index (κ1) is 82.3. The Bertz CT molecular complexity index is 4400. The molecule has 0 amide bonds. The average molecular weight is 1440 g/mol. The molecule has 1 fully saturated rings. The Morgan fingerprint density at radius 2 is 0.714 bits per heavy atom. The predicted octanol–water partition coefficient (Wildman–Crippen LogP) is 23.7. The molecular formula is C91H122F3N5O6+4. The van der Waals surface area contributed by atoms with E-state index in [9.17, 15) is 23.3 Å². The molecule has 1 saturated carbocycles. The van der Waals surface area contributed by atoms with Crippen LogP contribution in [0.15, 0.2) is 115 Å². The molecule has 12 rings (SSSR count). The number of halogens is 3. The lowest BCUT2D eigenvalue weighted by atomic mass is 9.79. The molecule has 0 spiro atoms. The Balaban J connectivity index is 0.000000175. The zero-order valence-corrected chi connectivity index (χ0v) is 68.2. The first-order chi connectivity index (χ1) is 48.6. The van der Waals surface area contributed by atoms with Crippen LogP contribution in [0.4, 0.5) is 41.6 Å². The number of ether oxygens (including phenoxy) is 4. The van der Waals surface area contributed by atoms with Crippen LogP contribution < -0.4 is 18.9 Å². The van der Waals surface area contributed by atoms with Crippen molar-refractivity contribution < 1.29 is 55.3 Å². The zero-order chi connectivity index (χ0) is 77.9. The van der Waals surface area contributed by atoms with Gasteiger partial charge in [0, 0.05) is 81.3 Å². The molecule has 4 heterocycles. The quantitative estimate of drug-likeness (QED) is 0.0969. The molecule has 4 aliphatic heterocycles. The van der Waals surface area contributed by atoms with Gasteiger partial charge in [0.15, 0.2) is 24.9 Å². The van der Waals surface area contributed by atoms with Crippen molar-refractivity contribution in [3.63, 3.8) is 0 Å². The van der Waals surface area contributed by atoms with E-state index in [4.69, 9.17) is 18.9 Å². The minimum atomic E-state index is -1.75. The third-order valence-electron chi connectivity index (χ3n) is 20.0. The average Bonchev–Trinajstić information content (AvgIpc) is 1.69. The number of alkyl halides is 2. The van der Waals surface area contributed by atoms with Gasteiger partial charge in [0.2, 0.25) is 29.9 Å². The lowest BCUT2D eigenvalue weighted by Crippen LogP contribution is -2.17. The van der Waals surface area contributed by atoms with Crippen LogP contribution in [0.2, 0.25) is 0 Å². The fraction of sp³-hybridized carbons (Fsp3) is 0.495. The van der Waals surface area contributed by atoms with Crippen LogP contribution in [0, 0.1) is 35.7 Å². The van der Waals surface area contributed by atoms with Gasteiger partial charge in [-0.3, -0.25) is 10.1 Å². The number of hydrogen-bond acceptors (Lipinski definition) is 6. The summed E-state index contributed by atoms with van der Waals surface area (Å²) in [5, 5.41) is 10.8. The lowest BCUT2D eigenvalue weighted by molar-refractivity contribution is -0.455. The number of hydrogen-bond donors (Lipinski definition) is 0. The molecule has 11 nitrogen and oxygen atoms in total. The Morgan fingerprint density at radius 1 is 0.410 bits per heavy atom. The maximum Gasteiger partial charge on any atom is 0.293 e. The van der Waals surface area contributed by atoms with Crippen molar-refractivity contribution in [3.8, 4) is 23.0 Å². The van der Waals surface area contributed by atoms with Crippen LogP contribution in [-0.2, 0) is 43.3 Å². The SMILES string of the molecule is CC(C)(C)c1cc2c(c(C(C)(C)C)c1)OC/[N+]2=C/C1CCCCC1.CC(C)(C)c1cc2c(c(C(C)(C)C)c1)OC/[N+]2=C/c1ccc(F)cc1.CC(C)(C)c1cc2c(c(C(C)(C)C)c1)OC/[N+]2=C/c1ccc([N+](=O)[O-])cc1.Cc1ccc(C)c(/C=[N+]2/COc3c2cc(C(C)(C)C)cc3C(C)(C)C)c1.FCF. The van der Waals surface area contributed by atoms with Crippen LogP contribution in [0.25, 0.3) is 0 Å². The van der Waals surface area contributed by atoms with Gasteiger partial charge in [0.1, 0.15) is 5.82 Å². The molecule has 0 N–H and O–H groups in total. The van der Waals surface area contributed by atoms with E-state index in [2.05, 4.69) is 277 Å². The number of nitro benzene ring substituents is 1. The fourth-order valence-corrected chi connectivity index (χ4v) is 13.3. The van der Waals surface area contributed by atoms with E-state index >= 15 is 0 Å². The summed E-state index contributed by atoms with van der Waals surface area (Å²) in [6, 6.07) is 38.0. The molecule has 5 aliphatic rings. The normalized spacial score (nSPS) is 16.7. The van der Waals surface area contributed by atoms with Crippen molar-refractivity contribution in [3.05, 3.63) is 204 Å². The predicted molar refractivity (Wildman–Crippen MR) is 428 cm³/mol. The van der Waals surface area contributed by atoms with Crippen LogP contribution >= 0.6 is 0 Å². The number of nitro groups is 1. The Kier molecular flexibility index (Phi) is 25.0. The van der Waals surface area contributed by atoms with Crippen molar-refractivity contribution in [1.82, 2.24) is 0 Å². The molecule has 14 heteroatoms. The van der Waals surface area contributed by atoms with E-state index in [-0.39, 0.29) is 59.7 Å². The van der Waals surface area contributed by atoms with Crippen LogP contribution in [0.5, 0.6) is 23.0 Å². The van der Waals surface area contributed by atoms with Crippen LogP contribution in [0.3, 0.4) is 0 Å². The van der Waals surface area contributed by atoms with E-state index in [0.717, 1.165) is 45.5 Å². The van der Waals surface area contributed by atoms with Gasteiger partial charge in [-0.2, -0.15) is 18.3 Å². The number of aryl methyl sites for hydroxylation is 2. The second kappa shape index (κ2) is 32.0. The Hall–Kier alpha value is -8.39.